The normalized spacial score (nSPS) is 11.0. The molecule has 0 spiro atoms. The highest BCUT2D eigenvalue weighted by atomic mass is 79.9. The van der Waals surface area contributed by atoms with Gasteiger partial charge in [-0.25, -0.2) is 9.97 Å². The molecule has 3 aromatic rings. The van der Waals surface area contributed by atoms with Crippen molar-refractivity contribution in [3.05, 3.63) is 41.0 Å². The Kier molecular flexibility index (Phi) is 6.39. The SMILES string of the molecule is CCCCCCCC(=O)Oc1ccc(Br)cc1-c1nc2cccnc2o1. The van der Waals surface area contributed by atoms with E-state index in [1.165, 1.54) is 12.8 Å². The molecule has 0 aliphatic carbocycles. The van der Waals surface area contributed by atoms with E-state index in [0.29, 0.717) is 34.9 Å². The number of halogens is 1. The number of carbonyl (C=O) groups excluding carboxylic acids is 1. The highest BCUT2D eigenvalue weighted by Gasteiger charge is 2.17. The van der Waals surface area contributed by atoms with Crippen LogP contribution in [0, 0.1) is 0 Å². The lowest BCUT2D eigenvalue weighted by atomic mass is 10.1. The van der Waals surface area contributed by atoms with Crippen LogP contribution < -0.4 is 4.74 Å². The molecule has 0 atom stereocenters. The lowest BCUT2D eigenvalue weighted by molar-refractivity contribution is -0.134. The van der Waals surface area contributed by atoms with Crippen molar-refractivity contribution >= 4 is 33.1 Å². The monoisotopic (exact) mass is 416 g/mol. The zero-order valence-electron chi connectivity index (χ0n) is 14.7. The molecule has 0 fully saturated rings. The average molecular weight is 417 g/mol. The Labute approximate surface area is 160 Å². The highest BCUT2D eigenvalue weighted by Crippen LogP contribution is 2.34. The van der Waals surface area contributed by atoms with Gasteiger partial charge in [0.15, 0.2) is 0 Å². The van der Waals surface area contributed by atoms with E-state index in [-0.39, 0.29) is 5.97 Å². The second-order valence-electron chi connectivity index (χ2n) is 6.13. The van der Waals surface area contributed by atoms with Gasteiger partial charge in [-0.1, -0.05) is 48.5 Å². The molecule has 0 saturated heterocycles. The maximum atomic E-state index is 12.2. The summed E-state index contributed by atoms with van der Waals surface area (Å²) in [5.74, 6) is 0.586. The minimum absolute atomic E-state index is 0.237. The summed E-state index contributed by atoms with van der Waals surface area (Å²) in [6, 6.07) is 9.03. The summed E-state index contributed by atoms with van der Waals surface area (Å²) in [5, 5.41) is 0. The molecule has 2 aromatic heterocycles. The van der Waals surface area contributed by atoms with Crippen molar-refractivity contribution in [1.82, 2.24) is 9.97 Å². The third-order valence-electron chi connectivity index (χ3n) is 4.05. The fourth-order valence-corrected chi connectivity index (χ4v) is 3.05. The number of hydrogen-bond acceptors (Lipinski definition) is 5. The largest absolute Gasteiger partial charge is 0.426 e. The van der Waals surface area contributed by atoms with Crippen molar-refractivity contribution in [2.24, 2.45) is 0 Å². The second kappa shape index (κ2) is 8.94. The van der Waals surface area contributed by atoms with E-state index in [1.807, 2.05) is 18.2 Å². The Morgan fingerprint density at radius 3 is 2.85 bits per heavy atom. The summed E-state index contributed by atoms with van der Waals surface area (Å²) in [7, 11) is 0. The third kappa shape index (κ3) is 4.69. The van der Waals surface area contributed by atoms with Crippen LogP contribution in [-0.2, 0) is 4.79 Å². The first kappa shape index (κ1) is 18.6. The first-order chi connectivity index (χ1) is 12.7. The van der Waals surface area contributed by atoms with Gasteiger partial charge >= 0.3 is 5.97 Å². The molecule has 1 aromatic carbocycles. The Morgan fingerprint density at radius 1 is 1.19 bits per heavy atom. The number of oxazole rings is 1. The lowest BCUT2D eigenvalue weighted by Crippen LogP contribution is -2.08. The summed E-state index contributed by atoms with van der Waals surface area (Å²) >= 11 is 3.44. The number of nitrogens with zero attached hydrogens (tertiary/aromatic N) is 2. The molecule has 0 unspecified atom stereocenters. The maximum absolute atomic E-state index is 12.2. The molecule has 0 bridgehead atoms. The van der Waals surface area contributed by atoms with Crippen molar-refractivity contribution < 1.29 is 13.9 Å². The Hall–Kier alpha value is -2.21. The van der Waals surface area contributed by atoms with Crippen LogP contribution in [0.2, 0.25) is 0 Å². The predicted octanol–water partition coefficient (Wildman–Crippen LogP) is 5.92. The molecule has 0 amide bonds. The molecule has 2 heterocycles. The first-order valence-electron chi connectivity index (χ1n) is 8.89. The van der Waals surface area contributed by atoms with Crippen LogP contribution in [0.4, 0.5) is 0 Å². The molecule has 3 rings (SSSR count). The third-order valence-corrected chi connectivity index (χ3v) is 4.54. The van der Waals surface area contributed by atoms with Gasteiger partial charge in [-0.3, -0.25) is 4.79 Å². The van der Waals surface area contributed by atoms with E-state index in [9.17, 15) is 4.79 Å². The minimum atomic E-state index is -0.237. The summed E-state index contributed by atoms with van der Waals surface area (Å²) < 4.78 is 12.1. The van der Waals surface area contributed by atoms with Gasteiger partial charge in [0.2, 0.25) is 11.6 Å². The topological polar surface area (TPSA) is 65.2 Å². The molecule has 0 aliphatic rings. The number of hydrogen-bond donors (Lipinski definition) is 0. The molecule has 0 radical (unpaired) electrons. The van der Waals surface area contributed by atoms with E-state index in [1.54, 1.807) is 18.3 Å². The Morgan fingerprint density at radius 2 is 2.04 bits per heavy atom. The summed E-state index contributed by atoms with van der Waals surface area (Å²) in [6.45, 7) is 2.17. The molecule has 26 heavy (non-hydrogen) atoms. The van der Waals surface area contributed by atoms with Gasteiger partial charge in [0.1, 0.15) is 11.3 Å². The minimum Gasteiger partial charge on any atom is -0.426 e. The molecule has 5 nitrogen and oxygen atoms in total. The fourth-order valence-electron chi connectivity index (χ4n) is 2.69. The zero-order valence-corrected chi connectivity index (χ0v) is 16.3. The van der Waals surface area contributed by atoms with Crippen LogP contribution in [0.15, 0.2) is 45.4 Å². The summed E-state index contributed by atoms with van der Waals surface area (Å²) in [5.41, 5.74) is 1.74. The van der Waals surface area contributed by atoms with Gasteiger partial charge in [0.05, 0.1) is 5.56 Å². The van der Waals surface area contributed by atoms with Crippen molar-refractivity contribution in [3.63, 3.8) is 0 Å². The van der Waals surface area contributed by atoms with Crippen molar-refractivity contribution in [2.75, 3.05) is 0 Å². The zero-order chi connectivity index (χ0) is 18.4. The van der Waals surface area contributed by atoms with E-state index < -0.39 is 0 Å². The molecule has 0 aliphatic heterocycles. The van der Waals surface area contributed by atoms with E-state index >= 15 is 0 Å². The molecular weight excluding hydrogens is 396 g/mol. The van der Waals surface area contributed by atoms with Gasteiger partial charge < -0.3 is 9.15 Å². The Bertz CT molecular complexity index is 859. The molecule has 0 saturated carbocycles. The predicted molar refractivity (Wildman–Crippen MR) is 104 cm³/mol. The quantitative estimate of drug-likeness (QED) is 0.259. The molecule has 0 N–H and O–H groups in total. The van der Waals surface area contributed by atoms with Gasteiger partial charge in [-0.2, -0.15) is 0 Å². The first-order valence-corrected chi connectivity index (χ1v) is 9.69. The van der Waals surface area contributed by atoms with Crippen LogP contribution in [0.3, 0.4) is 0 Å². The standard InChI is InChI=1S/C20H21BrN2O3/c1-2-3-4-5-6-9-18(24)25-17-11-10-14(21)13-15(17)19-23-16-8-7-12-22-20(16)26-19/h7-8,10-13H,2-6,9H2,1H3. The van der Waals surface area contributed by atoms with Gasteiger partial charge in [-0.15, -0.1) is 0 Å². The van der Waals surface area contributed by atoms with E-state index in [2.05, 4.69) is 32.8 Å². The molecular formula is C20H21BrN2O3. The highest BCUT2D eigenvalue weighted by molar-refractivity contribution is 9.10. The van der Waals surface area contributed by atoms with Crippen molar-refractivity contribution in [1.29, 1.82) is 0 Å². The number of ether oxygens (including phenoxy) is 1. The van der Waals surface area contributed by atoms with Crippen LogP contribution in [0.25, 0.3) is 22.7 Å². The van der Waals surface area contributed by atoms with Gasteiger partial charge in [0.25, 0.3) is 0 Å². The van der Waals surface area contributed by atoms with Crippen molar-refractivity contribution in [2.45, 2.75) is 45.4 Å². The Balaban J connectivity index is 1.75. The lowest BCUT2D eigenvalue weighted by Gasteiger charge is -2.08. The number of carbonyl (C=O) groups is 1. The van der Waals surface area contributed by atoms with Crippen LogP contribution in [0.1, 0.15) is 45.4 Å². The average Bonchev–Trinajstić information content (AvgIpc) is 3.07. The molecule has 136 valence electrons. The second-order valence-corrected chi connectivity index (χ2v) is 7.04. The number of fused-ring (bicyclic) bond motifs is 1. The number of unbranched alkanes of at least 4 members (excludes halogenated alkanes) is 4. The van der Waals surface area contributed by atoms with Crippen LogP contribution in [0.5, 0.6) is 5.75 Å². The van der Waals surface area contributed by atoms with E-state index in [4.69, 9.17) is 9.15 Å². The fraction of sp³-hybridized carbons (Fsp3) is 0.350. The van der Waals surface area contributed by atoms with Crippen LogP contribution >= 0.6 is 15.9 Å². The summed E-state index contributed by atoms with van der Waals surface area (Å²) in [4.78, 5) is 20.8. The number of esters is 1. The smallest absolute Gasteiger partial charge is 0.311 e. The number of pyridine rings is 1. The molecule has 6 heteroatoms. The number of rotatable bonds is 8. The summed E-state index contributed by atoms with van der Waals surface area (Å²) in [6.07, 6.45) is 7.50. The van der Waals surface area contributed by atoms with Crippen LogP contribution in [-0.4, -0.2) is 15.9 Å². The number of benzene rings is 1. The number of aromatic nitrogens is 2. The maximum Gasteiger partial charge on any atom is 0.311 e. The van der Waals surface area contributed by atoms with Crippen molar-refractivity contribution in [3.8, 4) is 17.2 Å². The van der Waals surface area contributed by atoms with E-state index in [0.717, 1.165) is 23.7 Å². The van der Waals surface area contributed by atoms with Gasteiger partial charge in [0, 0.05) is 17.1 Å². The van der Waals surface area contributed by atoms with Gasteiger partial charge in [-0.05, 0) is 36.8 Å².